The summed E-state index contributed by atoms with van der Waals surface area (Å²) >= 11 is 3.54. The van der Waals surface area contributed by atoms with Gasteiger partial charge in [-0.25, -0.2) is 4.98 Å². The molecule has 4 rings (SSSR count). The second kappa shape index (κ2) is 10.6. The van der Waals surface area contributed by atoms with Crippen molar-refractivity contribution in [3.8, 4) is 28.1 Å². The Labute approximate surface area is 205 Å². The minimum atomic E-state index is -1.30. The molecule has 1 aromatic heterocycles. The van der Waals surface area contributed by atoms with Crippen molar-refractivity contribution >= 4 is 21.9 Å². The van der Waals surface area contributed by atoms with E-state index < -0.39 is 5.97 Å². The normalized spacial score (nSPS) is 15.4. The van der Waals surface area contributed by atoms with E-state index in [-0.39, 0.29) is 41.4 Å². The summed E-state index contributed by atoms with van der Waals surface area (Å²) < 4.78 is 12.7. The van der Waals surface area contributed by atoms with Crippen LogP contribution >= 0.6 is 15.9 Å². The molecule has 1 fully saturated rings. The fourth-order valence-corrected chi connectivity index (χ4v) is 3.80. The molecule has 1 unspecified atom stereocenters. The Bertz CT molecular complexity index is 1040. The maximum atomic E-state index is 11.2. The van der Waals surface area contributed by atoms with Gasteiger partial charge in [0.2, 0.25) is 0 Å². The topological polar surface area (TPSA) is 71.5 Å². The van der Waals surface area contributed by atoms with Gasteiger partial charge in [-0.05, 0) is 48.7 Å². The van der Waals surface area contributed by atoms with E-state index in [1.165, 1.54) is 6.07 Å². The first-order valence-corrected chi connectivity index (χ1v) is 10.2. The Morgan fingerprint density at radius 2 is 1.90 bits per heavy atom. The summed E-state index contributed by atoms with van der Waals surface area (Å²) in [5.41, 5.74) is 3.08. The first-order chi connectivity index (χ1) is 14.1. The second-order valence-electron chi connectivity index (χ2n) is 6.83. The molecule has 0 amide bonds. The van der Waals surface area contributed by atoms with Crippen LogP contribution in [0, 0.1) is 0 Å². The van der Waals surface area contributed by atoms with Gasteiger partial charge >= 0.3 is 29.6 Å². The first kappa shape index (κ1) is 23.0. The predicted molar refractivity (Wildman–Crippen MR) is 112 cm³/mol. The van der Waals surface area contributed by atoms with Gasteiger partial charge in [-0.3, -0.25) is 0 Å². The average molecular weight is 476 g/mol. The summed E-state index contributed by atoms with van der Waals surface area (Å²) in [6.07, 6.45) is 2.18. The largest absolute Gasteiger partial charge is 1.00 e. The number of aromatic carboxylic acids is 1. The molecule has 148 valence electrons. The Hall–Kier alpha value is -1.70. The molecule has 1 aliphatic heterocycles. The van der Waals surface area contributed by atoms with Gasteiger partial charge in [-0.1, -0.05) is 46.3 Å². The molecule has 2 aromatic carbocycles. The molecule has 5 nitrogen and oxygen atoms in total. The molecule has 0 spiro atoms. The molecular weight excluding hydrogens is 457 g/mol. The molecule has 0 radical (unpaired) electrons. The van der Waals surface area contributed by atoms with Crippen molar-refractivity contribution in [1.82, 2.24) is 4.98 Å². The number of ether oxygens (including phenoxy) is 2. The van der Waals surface area contributed by atoms with E-state index in [1.807, 2.05) is 42.5 Å². The summed E-state index contributed by atoms with van der Waals surface area (Å²) in [7, 11) is 0. The van der Waals surface area contributed by atoms with E-state index in [1.54, 1.807) is 12.1 Å². The van der Waals surface area contributed by atoms with Crippen molar-refractivity contribution in [2.75, 3.05) is 13.2 Å². The zero-order valence-corrected chi connectivity index (χ0v) is 20.2. The van der Waals surface area contributed by atoms with E-state index in [0.717, 1.165) is 46.4 Å². The molecule has 30 heavy (non-hydrogen) atoms. The number of halogens is 1. The van der Waals surface area contributed by atoms with Gasteiger partial charge < -0.3 is 19.4 Å². The molecule has 7 heteroatoms. The Morgan fingerprint density at radius 1 is 1.10 bits per heavy atom. The van der Waals surface area contributed by atoms with Gasteiger partial charge in [-0.15, -0.1) is 0 Å². The molecule has 1 atom stereocenters. The number of pyridine rings is 1. The Morgan fingerprint density at radius 3 is 2.63 bits per heavy atom. The predicted octanol–water partition coefficient (Wildman–Crippen LogP) is 1.10. The van der Waals surface area contributed by atoms with E-state index >= 15 is 0 Å². The van der Waals surface area contributed by atoms with Crippen molar-refractivity contribution in [3.05, 3.63) is 70.8 Å². The number of rotatable bonds is 6. The summed E-state index contributed by atoms with van der Waals surface area (Å²) in [5, 5.41) is 11.2. The fourth-order valence-electron chi connectivity index (χ4n) is 3.44. The smallest absolute Gasteiger partial charge is 0.543 e. The number of nitrogens with zero attached hydrogens (tertiary/aromatic N) is 1. The molecule has 0 N–H and O–H groups in total. The van der Waals surface area contributed by atoms with E-state index in [9.17, 15) is 9.90 Å². The van der Waals surface area contributed by atoms with Crippen LogP contribution < -0.4 is 39.4 Å². The summed E-state index contributed by atoms with van der Waals surface area (Å²) in [4.78, 5) is 15.5. The van der Waals surface area contributed by atoms with Crippen LogP contribution in [0.5, 0.6) is 5.75 Å². The van der Waals surface area contributed by atoms with Crippen LogP contribution in [0.25, 0.3) is 22.4 Å². The molecular formula is C23H19BrNNaO4. The number of hydrogen-bond acceptors (Lipinski definition) is 5. The molecule has 1 saturated heterocycles. The third-order valence-electron chi connectivity index (χ3n) is 4.84. The van der Waals surface area contributed by atoms with Crippen molar-refractivity contribution in [3.63, 3.8) is 0 Å². The maximum absolute atomic E-state index is 11.2. The van der Waals surface area contributed by atoms with Gasteiger partial charge in [0.05, 0.1) is 23.5 Å². The summed E-state index contributed by atoms with van der Waals surface area (Å²) in [5.74, 6) is -0.556. The van der Waals surface area contributed by atoms with E-state index in [4.69, 9.17) is 9.47 Å². The number of hydrogen-bond donors (Lipinski definition) is 0. The number of benzene rings is 2. The van der Waals surface area contributed by atoms with Gasteiger partial charge in [0, 0.05) is 22.2 Å². The van der Waals surface area contributed by atoms with Crippen LogP contribution in [0.2, 0.25) is 0 Å². The zero-order chi connectivity index (χ0) is 20.2. The molecule has 1 aliphatic rings. The fraction of sp³-hybridized carbons (Fsp3) is 0.217. The SMILES string of the molecule is O=C([O-])c1cccc(-c2ccccc2-c2cc(Br)ccc2OCC2CCCO2)n1.[Na+]. The second-order valence-corrected chi connectivity index (χ2v) is 7.74. The van der Waals surface area contributed by atoms with Crippen LogP contribution in [0.15, 0.2) is 65.1 Å². The van der Waals surface area contributed by atoms with Gasteiger partial charge in [0.25, 0.3) is 0 Å². The molecule has 2 heterocycles. The van der Waals surface area contributed by atoms with Crippen LogP contribution in [0.3, 0.4) is 0 Å². The standard InChI is InChI=1S/C23H20BrNO4.Na/c24-15-10-11-22(29-14-16-5-4-12-28-16)19(13-15)17-6-1-2-7-18(17)20-8-3-9-21(25-20)23(26)27;/h1-3,6-11,13,16H,4-5,12,14H2,(H,26,27);/q;+1/p-1. The van der Waals surface area contributed by atoms with Crippen LogP contribution in [-0.2, 0) is 4.74 Å². The van der Waals surface area contributed by atoms with Gasteiger partial charge in [0.15, 0.2) is 0 Å². The van der Waals surface area contributed by atoms with E-state index in [0.29, 0.717) is 12.3 Å². The number of carbonyl (C=O) groups is 1. The molecule has 0 saturated carbocycles. The number of aromatic nitrogens is 1. The summed E-state index contributed by atoms with van der Waals surface area (Å²) in [6.45, 7) is 1.28. The van der Waals surface area contributed by atoms with Crippen molar-refractivity contribution < 1.29 is 48.9 Å². The third-order valence-corrected chi connectivity index (χ3v) is 5.34. The van der Waals surface area contributed by atoms with E-state index in [2.05, 4.69) is 20.9 Å². The quantitative estimate of drug-likeness (QED) is 0.499. The number of carboxylic acids is 1. The monoisotopic (exact) mass is 475 g/mol. The first-order valence-electron chi connectivity index (χ1n) is 9.44. The minimum absolute atomic E-state index is 0. The van der Waals surface area contributed by atoms with Gasteiger partial charge in [0.1, 0.15) is 12.4 Å². The van der Waals surface area contributed by atoms with Crippen LogP contribution in [0.4, 0.5) is 0 Å². The third kappa shape index (κ3) is 5.31. The van der Waals surface area contributed by atoms with Crippen LogP contribution in [0.1, 0.15) is 23.3 Å². The summed E-state index contributed by atoms with van der Waals surface area (Å²) in [6, 6.07) is 18.5. The maximum Gasteiger partial charge on any atom is 1.00 e. The Kier molecular flexibility index (Phi) is 8.08. The van der Waals surface area contributed by atoms with Crippen LogP contribution in [-0.4, -0.2) is 30.3 Å². The van der Waals surface area contributed by atoms with Crippen molar-refractivity contribution in [2.24, 2.45) is 0 Å². The number of carbonyl (C=O) groups excluding carboxylic acids is 1. The van der Waals surface area contributed by atoms with Gasteiger partial charge in [-0.2, -0.15) is 0 Å². The average Bonchev–Trinajstić information content (AvgIpc) is 3.26. The van der Waals surface area contributed by atoms with Crippen molar-refractivity contribution in [1.29, 1.82) is 0 Å². The number of carboxylic acid groups (broad SMARTS) is 1. The zero-order valence-electron chi connectivity index (χ0n) is 16.6. The molecule has 0 bridgehead atoms. The molecule has 3 aromatic rings. The Balaban J connectivity index is 0.00000256. The molecule has 0 aliphatic carbocycles. The minimum Gasteiger partial charge on any atom is -0.543 e. The van der Waals surface area contributed by atoms with Crippen molar-refractivity contribution in [2.45, 2.75) is 18.9 Å².